The maximum atomic E-state index is 14.8. The number of hydrogen-bond acceptors (Lipinski definition) is 6. The second-order valence-corrected chi connectivity index (χ2v) is 11.0. The Balaban J connectivity index is 0.00000368. The lowest BCUT2D eigenvalue weighted by Crippen LogP contribution is -2.57. The van der Waals surface area contributed by atoms with E-state index in [0.717, 1.165) is 18.8 Å². The zero-order valence-electron chi connectivity index (χ0n) is 23.1. The molecule has 1 saturated heterocycles. The van der Waals surface area contributed by atoms with E-state index in [2.05, 4.69) is 44.3 Å². The minimum atomic E-state index is -0.705. The predicted molar refractivity (Wildman–Crippen MR) is 170 cm³/mol. The van der Waals surface area contributed by atoms with Crippen LogP contribution < -0.4 is 16.4 Å². The quantitative estimate of drug-likeness (QED) is 0.184. The lowest BCUT2D eigenvalue weighted by molar-refractivity contribution is 0.253. The van der Waals surface area contributed by atoms with E-state index in [1.165, 1.54) is 18.2 Å². The molecule has 0 spiro atoms. The molecule has 222 valence electrons. The highest BCUT2D eigenvalue weighted by Crippen LogP contribution is 2.35. The van der Waals surface area contributed by atoms with Crippen LogP contribution in [0.25, 0.3) is 11.3 Å². The van der Waals surface area contributed by atoms with Crippen molar-refractivity contribution in [2.45, 2.75) is 39.9 Å². The van der Waals surface area contributed by atoms with Gasteiger partial charge in [0.15, 0.2) is 5.96 Å². The Morgan fingerprint density at radius 2 is 1.74 bits per heavy atom. The highest BCUT2D eigenvalue weighted by molar-refractivity contribution is 6.31. The number of nitrogens with two attached hydrogens (primary N) is 1. The van der Waals surface area contributed by atoms with Crippen molar-refractivity contribution < 1.29 is 8.78 Å². The Labute approximate surface area is 254 Å². The van der Waals surface area contributed by atoms with Gasteiger partial charge in [-0.25, -0.2) is 23.7 Å². The molecule has 2 aliphatic rings. The standard InChI is InChI=1S/C31H29ClF2N8.CH4/c1-17-15-42(16-18(2)38-17)30(35)39-21-5-3-6-22(12-21)40-31-37-14-19-13-36-29(27-25(33)7-4-8-26(27)34)24-11-20(32)9-10-23(24)28(19)41-31;/h3-12,14,17-18,38H,13,15-16H2,1-2H3,(H2,35,39)(H,37,40,41);1H4. The van der Waals surface area contributed by atoms with Gasteiger partial charge < -0.3 is 21.3 Å². The molecule has 1 aromatic heterocycles. The second-order valence-electron chi connectivity index (χ2n) is 10.5. The Kier molecular flexibility index (Phi) is 8.70. The summed E-state index contributed by atoms with van der Waals surface area (Å²) < 4.78 is 29.7. The first-order valence-corrected chi connectivity index (χ1v) is 14.0. The SMILES string of the molecule is C.CC1CN(C(N)=Nc2cccc(Nc3ncc4c(n3)-c3ccc(Cl)cc3C(c3c(F)cccc3F)=NC4)c2)CC(C)N1. The number of piperazine rings is 1. The maximum absolute atomic E-state index is 14.8. The van der Waals surface area contributed by atoms with E-state index in [-0.39, 0.29) is 25.2 Å². The number of anilines is 2. The average molecular weight is 603 g/mol. The molecule has 0 amide bonds. The molecule has 3 aromatic carbocycles. The van der Waals surface area contributed by atoms with E-state index >= 15 is 0 Å². The van der Waals surface area contributed by atoms with Crippen LogP contribution in [0.4, 0.5) is 26.1 Å². The molecule has 2 atom stereocenters. The Bertz CT molecular complexity index is 1690. The van der Waals surface area contributed by atoms with Crippen LogP contribution >= 0.6 is 11.6 Å². The molecule has 4 aromatic rings. The van der Waals surface area contributed by atoms with Crippen LogP contribution in [-0.4, -0.2) is 51.7 Å². The molecule has 2 aliphatic heterocycles. The van der Waals surface area contributed by atoms with Gasteiger partial charge in [0, 0.05) is 58.8 Å². The fourth-order valence-electron chi connectivity index (χ4n) is 5.42. The van der Waals surface area contributed by atoms with Gasteiger partial charge in [-0.15, -0.1) is 0 Å². The lowest BCUT2D eigenvalue weighted by atomic mass is 9.95. The van der Waals surface area contributed by atoms with Gasteiger partial charge in [0.2, 0.25) is 5.95 Å². The fourth-order valence-corrected chi connectivity index (χ4v) is 5.59. The summed E-state index contributed by atoms with van der Waals surface area (Å²) in [6.45, 7) is 5.95. The summed E-state index contributed by atoms with van der Waals surface area (Å²) in [5, 5.41) is 7.15. The molecule has 11 heteroatoms. The molecule has 0 aliphatic carbocycles. The summed E-state index contributed by atoms with van der Waals surface area (Å²) in [5.41, 5.74) is 10.2. The van der Waals surface area contributed by atoms with Crippen molar-refractivity contribution in [3.05, 3.63) is 100 Å². The molecule has 8 nitrogen and oxygen atoms in total. The van der Waals surface area contributed by atoms with Crippen molar-refractivity contribution >= 4 is 40.6 Å². The number of guanidine groups is 1. The van der Waals surface area contributed by atoms with Crippen LogP contribution in [0.5, 0.6) is 0 Å². The van der Waals surface area contributed by atoms with Crippen molar-refractivity contribution in [1.82, 2.24) is 20.2 Å². The molecular weight excluding hydrogens is 570 g/mol. The van der Waals surface area contributed by atoms with Crippen LogP contribution in [0.15, 0.2) is 76.8 Å². The number of halogens is 3. The smallest absolute Gasteiger partial charge is 0.227 e. The van der Waals surface area contributed by atoms with Crippen molar-refractivity contribution in [2.75, 3.05) is 18.4 Å². The van der Waals surface area contributed by atoms with Crippen LogP contribution in [-0.2, 0) is 6.54 Å². The first-order valence-electron chi connectivity index (χ1n) is 13.6. The lowest BCUT2D eigenvalue weighted by Gasteiger charge is -2.36. The number of nitrogens with zero attached hydrogens (tertiary/aromatic N) is 5. The molecule has 6 rings (SSSR count). The third-order valence-electron chi connectivity index (χ3n) is 7.19. The van der Waals surface area contributed by atoms with Gasteiger partial charge in [-0.2, -0.15) is 0 Å². The number of rotatable bonds is 4. The average Bonchev–Trinajstić information content (AvgIpc) is 3.09. The van der Waals surface area contributed by atoms with Crippen LogP contribution in [0.2, 0.25) is 5.02 Å². The number of aliphatic imine (C=N–C) groups is 2. The zero-order valence-corrected chi connectivity index (χ0v) is 23.8. The first-order chi connectivity index (χ1) is 20.2. The van der Waals surface area contributed by atoms with Gasteiger partial charge in [-0.1, -0.05) is 37.2 Å². The molecule has 0 bridgehead atoms. The Hall–Kier alpha value is -4.41. The van der Waals surface area contributed by atoms with E-state index in [9.17, 15) is 8.78 Å². The second kappa shape index (κ2) is 12.4. The molecule has 0 radical (unpaired) electrons. The van der Waals surface area contributed by atoms with E-state index in [1.54, 1.807) is 24.4 Å². The van der Waals surface area contributed by atoms with Gasteiger partial charge in [0.25, 0.3) is 0 Å². The number of fused-ring (bicyclic) bond motifs is 3. The number of nitrogens with one attached hydrogen (secondary N) is 2. The van der Waals surface area contributed by atoms with Gasteiger partial charge in [0.1, 0.15) is 11.6 Å². The molecule has 0 saturated carbocycles. The van der Waals surface area contributed by atoms with Gasteiger partial charge in [-0.05, 0) is 56.3 Å². The van der Waals surface area contributed by atoms with Gasteiger partial charge in [0.05, 0.1) is 29.2 Å². The monoisotopic (exact) mass is 602 g/mol. The van der Waals surface area contributed by atoms with Gasteiger partial charge >= 0.3 is 0 Å². The molecule has 2 unspecified atom stereocenters. The normalized spacial score (nSPS) is 18.1. The van der Waals surface area contributed by atoms with Crippen molar-refractivity contribution in [3.8, 4) is 11.3 Å². The van der Waals surface area contributed by atoms with Crippen molar-refractivity contribution in [1.29, 1.82) is 0 Å². The number of hydrogen-bond donors (Lipinski definition) is 3. The largest absolute Gasteiger partial charge is 0.369 e. The number of aromatic nitrogens is 2. The van der Waals surface area contributed by atoms with E-state index in [1.807, 2.05) is 24.3 Å². The number of benzene rings is 3. The maximum Gasteiger partial charge on any atom is 0.227 e. The summed E-state index contributed by atoms with van der Waals surface area (Å²) in [5.74, 6) is -0.605. The molecule has 3 heterocycles. The summed E-state index contributed by atoms with van der Waals surface area (Å²) >= 11 is 6.33. The molecular formula is C32H33ClF2N8. The van der Waals surface area contributed by atoms with E-state index < -0.39 is 11.6 Å². The molecule has 1 fully saturated rings. The third-order valence-corrected chi connectivity index (χ3v) is 7.43. The molecule has 43 heavy (non-hydrogen) atoms. The third kappa shape index (κ3) is 6.35. The summed E-state index contributed by atoms with van der Waals surface area (Å²) in [7, 11) is 0. The Morgan fingerprint density at radius 1 is 1.02 bits per heavy atom. The van der Waals surface area contributed by atoms with E-state index in [4.69, 9.17) is 22.3 Å². The minimum absolute atomic E-state index is 0. The summed E-state index contributed by atoms with van der Waals surface area (Å²) in [6, 6.07) is 17.0. The Morgan fingerprint density at radius 3 is 2.49 bits per heavy atom. The first kappa shape index (κ1) is 30.1. The van der Waals surface area contributed by atoms with Crippen molar-refractivity contribution in [2.24, 2.45) is 15.7 Å². The van der Waals surface area contributed by atoms with E-state index in [0.29, 0.717) is 57.1 Å². The van der Waals surface area contributed by atoms with Crippen molar-refractivity contribution in [3.63, 3.8) is 0 Å². The molecule has 4 N–H and O–H groups in total. The summed E-state index contributed by atoms with van der Waals surface area (Å²) in [4.78, 5) is 20.6. The van der Waals surface area contributed by atoms with Crippen LogP contribution in [0, 0.1) is 11.6 Å². The van der Waals surface area contributed by atoms with Gasteiger partial charge in [-0.3, -0.25) is 4.99 Å². The van der Waals surface area contributed by atoms with Crippen LogP contribution in [0.1, 0.15) is 38.0 Å². The predicted octanol–water partition coefficient (Wildman–Crippen LogP) is 6.43. The highest BCUT2D eigenvalue weighted by atomic mass is 35.5. The highest BCUT2D eigenvalue weighted by Gasteiger charge is 2.25. The topological polar surface area (TPSA) is 104 Å². The fraction of sp³-hybridized carbons (Fsp3) is 0.250. The summed E-state index contributed by atoms with van der Waals surface area (Å²) in [6.07, 6.45) is 1.67. The minimum Gasteiger partial charge on any atom is -0.369 e. The van der Waals surface area contributed by atoms with Crippen LogP contribution in [0.3, 0.4) is 0 Å². The zero-order chi connectivity index (χ0) is 29.4.